The normalized spacial score (nSPS) is 17.1. The van der Waals surface area contributed by atoms with Gasteiger partial charge in [-0.2, -0.15) is 0 Å². The van der Waals surface area contributed by atoms with E-state index in [9.17, 15) is 0 Å². The molecule has 0 saturated carbocycles. The van der Waals surface area contributed by atoms with Gasteiger partial charge in [0.05, 0.1) is 0 Å². The fourth-order valence-electron chi connectivity index (χ4n) is 3.32. The Morgan fingerprint density at radius 2 is 1.82 bits per heavy atom. The van der Waals surface area contributed by atoms with Gasteiger partial charge < -0.3 is 0 Å². The Labute approximate surface area is 140 Å². The van der Waals surface area contributed by atoms with Crippen LogP contribution in [0.4, 0.5) is 0 Å². The van der Waals surface area contributed by atoms with Crippen molar-refractivity contribution in [2.45, 2.75) is 59.3 Å². The molecule has 0 amide bonds. The van der Waals surface area contributed by atoms with Crippen LogP contribution in [0.3, 0.4) is 0 Å². The van der Waals surface area contributed by atoms with E-state index in [1.54, 1.807) is 11.1 Å². The second-order valence-corrected chi connectivity index (χ2v) is 8.15. The standard InChI is InChI=1S/C13H18.C8H12S/c1-10(2)12-9-5-7-11-6-3-4-8-13(11)12;1-7(2)6-8-4-3-5-9-8/h3-4,6,8,10,12H,5,7,9H2,1-2H3;3-5,7H,6H2,1-2H3. The Bertz CT molecular complexity index is 537. The van der Waals surface area contributed by atoms with Crippen LogP contribution in [0.15, 0.2) is 41.8 Å². The summed E-state index contributed by atoms with van der Waals surface area (Å²) in [6, 6.07) is 13.3. The smallest absolute Gasteiger partial charge is 0.00477 e. The zero-order valence-corrected chi connectivity index (χ0v) is 15.3. The fourth-order valence-corrected chi connectivity index (χ4v) is 4.23. The van der Waals surface area contributed by atoms with E-state index in [-0.39, 0.29) is 0 Å². The van der Waals surface area contributed by atoms with Gasteiger partial charge in [0, 0.05) is 4.88 Å². The van der Waals surface area contributed by atoms with Gasteiger partial charge in [-0.1, -0.05) is 58.0 Å². The largest absolute Gasteiger partial charge is 0.149 e. The zero-order valence-electron chi connectivity index (χ0n) is 14.5. The van der Waals surface area contributed by atoms with Crippen LogP contribution in [0.2, 0.25) is 0 Å². The van der Waals surface area contributed by atoms with Gasteiger partial charge in [0.15, 0.2) is 0 Å². The van der Waals surface area contributed by atoms with E-state index in [2.05, 4.69) is 69.5 Å². The first-order chi connectivity index (χ1) is 10.6. The predicted octanol–water partition coefficient (Wildman–Crippen LogP) is 6.71. The maximum atomic E-state index is 2.34. The summed E-state index contributed by atoms with van der Waals surface area (Å²) in [6.07, 6.45) is 5.28. The minimum atomic E-state index is 0.793. The second kappa shape index (κ2) is 8.53. The molecule has 0 radical (unpaired) electrons. The number of thiophene rings is 1. The van der Waals surface area contributed by atoms with Crippen molar-refractivity contribution < 1.29 is 0 Å². The highest BCUT2D eigenvalue weighted by molar-refractivity contribution is 7.09. The van der Waals surface area contributed by atoms with E-state index in [0.717, 1.165) is 17.8 Å². The first-order valence-electron chi connectivity index (χ1n) is 8.68. The monoisotopic (exact) mass is 314 g/mol. The van der Waals surface area contributed by atoms with E-state index in [0.29, 0.717) is 0 Å². The van der Waals surface area contributed by atoms with Gasteiger partial charge in [-0.3, -0.25) is 0 Å². The summed E-state index contributed by atoms with van der Waals surface area (Å²) in [5.41, 5.74) is 3.20. The van der Waals surface area contributed by atoms with Crippen molar-refractivity contribution in [3.8, 4) is 0 Å². The van der Waals surface area contributed by atoms with Crippen LogP contribution in [-0.4, -0.2) is 0 Å². The molecule has 1 aromatic heterocycles. The Hall–Kier alpha value is -1.08. The molecule has 1 heterocycles. The average molecular weight is 315 g/mol. The fraction of sp³-hybridized carbons (Fsp3) is 0.524. The average Bonchev–Trinajstić information content (AvgIpc) is 2.99. The Balaban J connectivity index is 0.000000172. The number of fused-ring (bicyclic) bond motifs is 1. The predicted molar refractivity (Wildman–Crippen MR) is 99.8 cm³/mol. The lowest BCUT2D eigenvalue weighted by molar-refractivity contribution is 0.433. The molecule has 0 N–H and O–H groups in total. The minimum Gasteiger partial charge on any atom is -0.149 e. The highest BCUT2D eigenvalue weighted by Crippen LogP contribution is 2.36. The van der Waals surface area contributed by atoms with Gasteiger partial charge in [0.25, 0.3) is 0 Å². The molecule has 0 bridgehead atoms. The molecule has 1 atom stereocenters. The molecule has 1 aromatic carbocycles. The summed E-state index contributed by atoms with van der Waals surface area (Å²) in [5, 5.41) is 2.14. The van der Waals surface area contributed by atoms with E-state index < -0.39 is 0 Å². The van der Waals surface area contributed by atoms with Crippen LogP contribution in [-0.2, 0) is 12.8 Å². The van der Waals surface area contributed by atoms with Crippen LogP contribution in [0.1, 0.15) is 62.5 Å². The minimum absolute atomic E-state index is 0.793. The SMILES string of the molecule is CC(C)C1CCCc2ccccc21.CC(C)Cc1cccs1. The number of hydrogen-bond acceptors (Lipinski definition) is 1. The molecule has 1 aliphatic carbocycles. The molecular weight excluding hydrogens is 284 g/mol. The van der Waals surface area contributed by atoms with Crippen LogP contribution < -0.4 is 0 Å². The third-order valence-electron chi connectivity index (χ3n) is 4.41. The maximum Gasteiger partial charge on any atom is 0.00477 e. The first kappa shape index (κ1) is 17.3. The summed E-state index contributed by atoms with van der Waals surface area (Å²) in [5.74, 6) is 2.40. The van der Waals surface area contributed by atoms with E-state index in [1.165, 1.54) is 30.6 Å². The van der Waals surface area contributed by atoms with Crippen molar-refractivity contribution >= 4 is 11.3 Å². The number of hydrogen-bond donors (Lipinski definition) is 0. The van der Waals surface area contributed by atoms with Gasteiger partial charge in [0.1, 0.15) is 0 Å². The van der Waals surface area contributed by atoms with E-state index in [4.69, 9.17) is 0 Å². The Morgan fingerprint density at radius 1 is 1.05 bits per heavy atom. The summed E-state index contributed by atoms with van der Waals surface area (Å²) in [7, 11) is 0. The van der Waals surface area contributed by atoms with E-state index >= 15 is 0 Å². The Morgan fingerprint density at radius 3 is 2.45 bits per heavy atom. The van der Waals surface area contributed by atoms with Crippen LogP contribution in [0.25, 0.3) is 0 Å². The summed E-state index contributed by atoms with van der Waals surface area (Å²) in [6.45, 7) is 9.18. The molecule has 22 heavy (non-hydrogen) atoms. The van der Waals surface area contributed by atoms with Gasteiger partial charge in [0.2, 0.25) is 0 Å². The highest BCUT2D eigenvalue weighted by Gasteiger charge is 2.21. The highest BCUT2D eigenvalue weighted by atomic mass is 32.1. The lowest BCUT2D eigenvalue weighted by atomic mass is 9.77. The third kappa shape index (κ3) is 4.98. The molecule has 1 heteroatoms. The molecule has 0 aliphatic heterocycles. The van der Waals surface area contributed by atoms with Crippen molar-refractivity contribution in [1.82, 2.24) is 0 Å². The van der Waals surface area contributed by atoms with Crippen LogP contribution in [0.5, 0.6) is 0 Å². The molecule has 2 aromatic rings. The number of aryl methyl sites for hydroxylation is 1. The molecule has 0 spiro atoms. The molecule has 120 valence electrons. The number of benzene rings is 1. The van der Waals surface area contributed by atoms with E-state index in [1.807, 2.05) is 11.3 Å². The molecule has 1 unspecified atom stereocenters. The lowest BCUT2D eigenvalue weighted by Crippen LogP contribution is -2.14. The summed E-state index contributed by atoms with van der Waals surface area (Å²) in [4.78, 5) is 1.50. The topological polar surface area (TPSA) is 0 Å². The molecule has 0 saturated heterocycles. The van der Waals surface area contributed by atoms with Crippen LogP contribution in [0, 0.1) is 11.8 Å². The molecule has 0 fully saturated rings. The van der Waals surface area contributed by atoms with Crippen molar-refractivity contribution in [3.63, 3.8) is 0 Å². The quantitative estimate of drug-likeness (QED) is 0.590. The summed E-state index contributed by atoms with van der Waals surface area (Å²) < 4.78 is 0. The molecule has 1 aliphatic rings. The van der Waals surface area contributed by atoms with Crippen LogP contribution >= 0.6 is 11.3 Å². The van der Waals surface area contributed by atoms with Crippen molar-refractivity contribution in [1.29, 1.82) is 0 Å². The third-order valence-corrected chi connectivity index (χ3v) is 5.31. The molecule has 3 rings (SSSR count). The summed E-state index contributed by atoms with van der Waals surface area (Å²) >= 11 is 1.85. The second-order valence-electron chi connectivity index (χ2n) is 7.12. The van der Waals surface area contributed by atoms with Gasteiger partial charge >= 0.3 is 0 Å². The first-order valence-corrected chi connectivity index (χ1v) is 9.56. The van der Waals surface area contributed by atoms with Gasteiger partial charge in [-0.05, 0) is 66.0 Å². The van der Waals surface area contributed by atoms with Crippen molar-refractivity contribution in [2.75, 3.05) is 0 Å². The lowest BCUT2D eigenvalue weighted by Gasteiger charge is -2.28. The van der Waals surface area contributed by atoms with Gasteiger partial charge in [-0.25, -0.2) is 0 Å². The Kier molecular flexibility index (Phi) is 6.70. The van der Waals surface area contributed by atoms with Gasteiger partial charge in [-0.15, -0.1) is 11.3 Å². The molecule has 0 nitrogen and oxygen atoms in total. The maximum absolute atomic E-state index is 2.34. The van der Waals surface area contributed by atoms with Crippen molar-refractivity contribution in [2.24, 2.45) is 11.8 Å². The zero-order chi connectivity index (χ0) is 15.9. The van der Waals surface area contributed by atoms with Crippen molar-refractivity contribution in [3.05, 3.63) is 57.8 Å². The molecular formula is C21H30S. The number of rotatable bonds is 3.